The standard InChI is InChI=1S/C4H6N4O/c1-2-3(4(5)6)9-8-7-2/h1H3,(H3,5,6). The van der Waals surface area contributed by atoms with Crippen LogP contribution >= 0.6 is 0 Å². The van der Waals surface area contributed by atoms with E-state index in [9.17, 15) is 0 Å². The van der Waals surface area contributed by atoms with Gasteiger partial charge < -0.3 is 10.3 Å². The van der Waals surface area contributed by atoms with E-state index < -0.39 is 0 Å². The van der Waals surface area contributed by atoms with Gasteiger partial charge in [0.15, 0.2) is 5.84 Å². The van der Waals surface area contributed by atoms with Crippen LogP contribution in [0.1, 0.15) is 11.5 Å². The summed E-state index contributed by atoms with van der Waals surface area (Å²) in [7, 11) is 0. The Bertz CT molecular complexity index is 228. The van der Waals surface area contributed by atoms with Crippen LogP contribution in [0.15, 0.2) is 4.52 Å². The maximum atomic E-state index is 6.90. The highest BCUT2D eigenvalue weighted by Gasteiger charge is 2.06. The summed E-state index contributed by atoms with van der Waals surface area (Å²) in [5.74, 6) is 0.104. The van der Waals surface area contributed by atoms with E-state index in [0.29, 0.717) is 5.69 Å². The van der Waals surface area contributed by atoms with Crippen molar-refractivity contribution in [2.45, 2.75) is 6.92 Å². The summed E-state index contributed by atoms with van der Waals surface area (Å²) in [4.78, 5) is 0. The highest BCUT2D eigenvalue weighted by molar-refractivity contribution is 5.92. The Morgan fingerprint density at radius 3 is 2.67 bits per heavy atom. The van der Waals surface area contributed by atoms with Gasteiger partial charge in [0, 0.05) is 5.27 Å². The van der Waals surface area contributed by atoms with E-state index in [0.717, 1.165) is 0 Å². The molecule has 0 aliphatic rings. The van der Waals surface area contributed by atoms with Gasteiger partial charge in [-0.3, -0.25) is 5.41 Å². The van der Waals surface area contributed by atoms with Gasteiger partial charge in [-0.05, 0) is 6.92 Å². The Kier molecular flexibility index (Phi) is 1.18. The Balaban J connectivity index is 3.08. The van der Waals surface area contributed by atoms with E-state index in [1.165, 1.54) is 0 Å². The van der Waals surface area contributed by atoms with E-state index in [-0.39, 0.29) is 11.6 Å². The number of nitrogens with one attached hydrogen (secondary N) is 1. The fraction of sp³-hybridized carbons (Fsp3) is 0.250. The summed E-state index contributed by atoms with van der Waals surface area (Å²) in [5, 5.41) is 13.6. The monoisotopic (exact) mass is 126 g/mol. The van der Waals surface area contributed by atoms with Crippen molar-refractivity contribution >= 4 is 5.84 Å². The van der Waals surface area contributed by atoms with Crippen molar-refractivity contribution in [1.82, 2.24) is 10.4 Å². The van der Waals surface area contributed by atoms with Crippen LogP contribution in [-0.4, -0.2) is 16.2 Å². The van der Waals surface area contributed by atoms with Crippen LogP contribution in [0.25, 0.3) is 0 Å². The largest absolute Gasteiger partial charge is 0.381 e. The zero-order valence-corrected chi connectivity index (χ0v) is 4.88. The molecule has 0 saturated heterocycles. The second-order valence-corrected chi connectivity index (χ2v) is 1.60. The molecule has 0 bridgehead atoms. The molecule has 1 rings (SSSR count). The quantitative estimate of drug-likeness (QED) is 0.398. The van der Waals surface area contributed by atoms with E-state index in [4.69, 9.17) is 11.1 Å². The minimum absolute atomic E-state index is 0.141. The normalized spacial score (nSPS) is 9.44. The predicted octanol–water partition coefficient (Wildman–Crippen LogP) is -0.338. The van der Waals surface area contributed by atoms with Gasteiger partial charge in [0.2, 0.25) is 5.76 Å². The molecular formula is C4H6N4O. The SMILES string of the molecule is Cc1nnoc1C(=N)N. The number of hydrogen-bond donors (Lipinski definition) is 2. The predicted molar refractivity (Wildman–Crippen MR) is 30.1 cm³/mol. The molecule has 48 valence electrons. The van der Waals surface area contributed by atoms with E-state index >= 15 is 0 Å². The van der Waals surface area contributed by atoms with Crippen LogP contribution in [0.2, 0.25) is 0 Å². The van der Waals surface area contributed by atoms with Crippen LogP contribution in [0.4, 0.5) is 0 Å². The lowest BCUT2D eigenvalue weighted by Gasteiger charge is -1.85. The topological polar surface area (TPSA) is 88.8 Å². The second-order valence-electron chi connectivity index (χ2n) is 1.60. The van der Waals surface area contributed by atoms with Crippen molar-refractivity contribution in [3.63, 3.8) is 0 Å². The zero-order chi connectivity index (χ0) is 6.85. The highest BCUT2D eigenvalue weighted by Crippen LogP contribution is 1.98. The molecular weight excluding hydrogens is 120 g/mol. The molecule has 9 heavy (non-hydrogen) atoms. The number of hydrogen-bond acceptors (Lipinski definition) is 4. The van der Waals surface area contributed by atoms with E-state index in [2.05, 4.69) is 14.9 Å². The average molecular weight is 126 g/mol. The molecule has 0 spiro atoms. The minimum Gasteiger partial charge on any atom is -0.381 e. The van der Waals surface area contributed by atoms with Gasteiger partial charge in [0.1, 0.15) is 5.69 Å². The van der Waals surface area contributed by atoms with Gasteiger partial charge in [-0.15, -0.1) is 5.10 Å². The van der Waals surface area contributed by atoms with E-state index in [1.807, 2.05) is 0 Å². The second kappa shape index (κ2) is 1.85. The molecule has 0 atom stereocenters. The number of rotatable bonds is 1. The Morgan fingerprint density at radius 2 is 2.44 bits per heavy atom. The minimum atomic E-state index is -0.141. The van der Waals surface area contributed by atoms with Crippen molar-refractivity contribution in [1.29, 1.82) is 5.41 Å². The molecule has 0 aromatic carbocycles. The summed E-state index contributed by atoms with van der Waals surface area (Å²) in [6, 6.07) is 0. The third-order valence-corrected chi connectivity index (χ3v) is 0.896. The van der Waals surface area contributed by atoms with E-state index in [1.54, 1.807) is 6.92 Å². The van der Waals surface area contributed by atoms with Crippen LogP contribution in [0.5, 0.6) is 0 Å². The van der Waals surface area contributed by atoms with Crippen molar-refractivity contribution in [2.75, 3.05) is 0 Å². The van der Waals surface area contributed by atoms with Crippen molar-refractivity contribution in [2.24, 2.45) is 5.73 Å². The Morgan fingerprint density at radius 1 is 1.78 bits per heavy atom. The summed E-state index contributed by atoms with van der Waals surface area (Å²) < 4.78 is 4.52. The Hall–Kier alpha value is -1.39. The summed E-state index contributed by atoms with van der Waals surface area (Å²) in [5.41, 5.74) is 5.61. The maximum Gasteiger partial charge on any atom is 0.224 e. The van der Waals surface area contributed by atoms with Crippen molar-refractivity contribution in [3.8, 4) is 0 Å². The first kappa shape index (κ1) is 5.74. The number of nitrogen functional groups attached to an aromatic ring is 1. The first-order valence-corrected chi connectivity index (χ1v) is 2.35. The van der Waals surface area contributed by atoms with Crippen LogP contribution < -0.4 is 5.73 Å². The molecule has 0 amide bonds. The molecule has 0 aliphatic heterocycles. The number of nitrogens with two attached hydrogens (primary N) is 1. The molecule has 1 aromatic rings. The zero-order valence-electron chi connectivity index (χ0n) is 4.88. The molecule has 1 heterocycles. The van der Waals surface area contributed by atoms with Crippen molar-refractivity contribution in [3.05, 3.63) is 11.5 Å². The fourth-order valence-corrected chi connectivity index (χ4v) is 0.478. The number of amidine groups is 1. The molecule has 0 unspecified atom stereocenters. The lowest BCUT2D eigenvalue weighted by Crippen LogP contribution is -2.11. The van der Waals surface area contributed by atoms with Crippen LogP contribution in [0.3, 0.4) is 0 Å². The highest BCUT2D eigenvalue weighted by atomic mass is 16.5. The summed E-state index contributed by atoms with van der Waals surface area (Å²) in [6.45, 7) is 1.67. The van der Waals surface area contributed by atoms with Crippen molar-refractivity contribution < 1.29 is 4.52 Å². The third kappa shape index (κ3) is 0.883. The first-order valence-electron chi connectivity index (χ1n) is 2.35. The molecule has 0 radical (unpaired) electrons. The molecule has 5 nitrogen and oxygen atoms in total. The molecule has 1 aromatic heterocycles. The smallest absolute Gasteiger partial charge is 0.224 e. The van der Waals surface area contributed by atoms with Gasteiger partial charge >= 0.3 is 0 Å². The van der Waals surface area contributed by atoms with Crippen LogP contribution in [0, 0.1) is 12.3 Å². The molecule has 0 saturated carbocycles. The van der Waals surface area contributed by atoms with Gasteiger partial charge in [0.05, 0.1) is 0 Å². The number of aryl methyl sites for hydroxylation is 1. The Labute approximate surface area is 51.3 Å². The summed E-state index contributed by atoms with van der Waals surface area (Å²) >= 11 is 0. The third-order valence-electron chi connectivity index (χ3n) is 0.896. The fourth-order valence-electron chi connectivity index (χ4n) is 0.478. The van der Waals surface area contributed by atoms with Crippen LogP contribution in [-0.2, 0) is 0 Å². The number of aromatic nitrogens is 2. The number of nitrogens with zero attached hydrogens (tertiary/aromatic N) is 2. The lowest BCUT2D eigenvalue weighted by molar-refractivity contribution is 0.386. The maximum absolute atomic E-state index is 6.90. The lowest BCUT2D eigenvalue weighted by atomic mass is 10.3. The average Bonchev–Trinajstić information content (AvgIpc) is 2.13. The van der Waals surface area contributed by atoms with Gasteiger partial charge in [-0.1, -0.05) is 0 Å². The molecule has 0 aliphatic carbocycles. The van der Waals surface area contributed by atoms with Gasteiger partial charge in [-0.2, -0.15) is 0 Å². The van der Waals surface area contributed by atoms with Gasteiger partial charge in [0.25, 0.3) is 0 Å². The molecule has 5 heteroatoms. The first-order chi connectivity index (χ1) is 4.22. The summed E-state index contributed by atoms with van der Waals surface area (Å²) in [6.07, 6.45) is 0. The van der Waals surface area contributed by atoms with Gasteiger partial charge in [-0.25, -0.2) is 0 Å². The molecule has 3 N–H and O–H groups in total. The molecule has 0 fully saturated rings.